The number of esters is 1. The van der Waals surface area contributed by atoms with E-state index in [9.17, 15) is 19.8 Å². The molecule has 94 valence electrons. The van der Waals surface area contributed by atoms with Gasteiger partial charge in [-0.25, -0.2) is 4.79 Å². The average molecular weight is 248 g/mol. The standard InChI is InChI=1S/C13H12O5/c1-18-13(17)8-12(16)11(15)7-10(14)9-5-3-2-4-6-9/h2-8,14,16H,1H3/b10-7-,12-8?. The largest absolute Gasteiger partial charge is 0.507 e. The maximum absolute atomic E-state index is 11.4. The van der Waals surface area contributed by atoms with Gasteiger partial charge in [-0.2, -0.15) is 0 Å². The minimum absolute atomic E-state index is 0.301. The molecule has 1 aromatic rings. The van der Waals surface area contributed by atoms with Crippen LogP contribution in [-0.2, 0) is 14.3 Å². The first-order chi connectivity index (χ1) is 8.54. The fraction of sp³-hybridized carbons (Fsp3) is 0.0769. The summed E-state index contributed by atoms with van der Waals surface area (Å²) in [4.78, 5) is 22.2. The van der Waals surface area contributed by atoms with E-state index in [1.807, 2.05) is 0 Å². The molecule has 2 N–H and O–H groups in total. The van der Waals surface area contributed by atoms with Crippen LogP contribution in [0, 0.1) is 0 Å². The first kappa shape index (κ1) is 13.5. The summed E-state index contributed by atoms with van der Waals surface area (Å²) in [6.07, 6.45) is 1.46. The number of ether oxygens (including phenoxy) is 1. The lowest BCUT2D eigenvalue weighted by molar-refractivity contribution is -0.135. The van der Waals surface area contributed by atoms with Crippen molar-refractivity contribution < 1.29 is 24.5 Å². The number of carbonyl (C=O) groups is 2. The van der Waals surface area contributed by atoms with Gasteiger partial charge in [0.15, 0.2) is 5.76 Å². The van der Waals surface area contributed by atoms with Crippen LogP contribution in [0.4, 0.5) is 0 Å². The molecule has 1 aromatic carbocycles. The third-order valence-corrected chi connectivity index (χ3v) is 2.05. The maximum atomic E-state index is 11.4. The molecule has 0 bridgehead atoms. The van der Waals surface area contributed by atoms with Crippen LogP contribution in [0.3, 0.4) is 0 Å². The first-order valence-corrected chi connectivity index (χ1v) is 5.03. The van der Waals surface area contributed by atoms with Gasteiger partial charge in [0.05, 0.1) is 13.2 Å². The fourth-order valence-electron chi connectivity index (χ4n) is 1.13. The number of carbonyl (C=O) groups excluding carboxylic acids is 2. The van der Waals surface area contributed by atoms with Gasteiger partial charge in [0.2, 0.25) is 5.78 Å². The third kappa shape index (κ3) is 3.79. The van der Waals surface area contributed by atoms with Gasteiger partial charge in [-0.3, -0.25) is 4.79 Å². The molecule has 0 saturated carbocycles. The molecule has 0 unspecified atom stereocenters. The van der Waals surface area contributed by atoms with Crippen molar-refractivity contribution in [1.82, 2.24) is 0 Å². The van der Waals surface area contributed by atoms with E-state index in [0.29, 0.717) is 11.6 Å². The molecule has 1 rings (SSSR count). The molecule has 0 saturated heterocycles. The molecule has 5 nitrogen and oxygen atoms in total. The van der Waals surface area contributed by atoms with Crippen LogP contribution in [0.2, 0.25) is 0 Å². The summed E-state index contributed by atoms with van der Waals surface area (Å²) in [5.41, 5.74) is 0.428. The van der Waals surface area contributed by atoms with E-state index >= 15 is 0 Å². The summed E-state index contributed by atoms with van der Waals surface area (Å²) in [5, 5.41) is 18.9. The van der Waals surface area contributed by atoms with E-state index in [1.54, 1.807) is 30.3 Å². The highest BCUT2D eigenvalue weighted by Crippen LogP contribution is 2.11. The maximum Gasteiger partial charge on any atom is 0.334 e. The summed E-state index contributed by atoms with van der Waals surface area (Å²) in [5.74, 6) is -2.84. The highest BCUT2D eigenvalue weighted by molar-refractivity contribution is 6.08. The molecule has 0 radical (unpaired) electrons. The smallest absolute Gasteiger partial charge is 0.334 e. The third-order valence-electron chi connectivity index (χ3n) is 2.05. The molecule has 5 heteroatoms. The Balaban J connectivity index is 2.87. The van der Waals surface area contributed by atoms with Crippen molar-refractivity contribution in [2.24, 2.45) is 0 Å². The number of rotatable bonds is 4. The molecule has 0 spiro atoms. The second-order valence-corrected chi connectivity index (χ2v) is 3.31. The Bertz CT molecular complexity index is 499. The van der Waals surface area contributed by atoms with Gasteiger partial charge in [0.1, 0.15) is 5.76 Å². The van der Waals surface area contributed by atoms with Gasteiger partial charge in [0, 0.05) is 11.6 Å². The molecule has 0 fully saturated rings. The second-order valence-electron chi connectivity index (χ2n) is 3.31. The van der Waals surface area contributed by atoms with Gasteiger partial charge in [-0.1, -0.05) is 30.3 Å². The van der Waals surface area contributed by atoms with E-state index in [0.717, 1.165) is 13.2 Å². The lowest BCUT2D eigenvalue weighted by atomic mass is 10.1. The van der Waals surface area contributed by atoms with E-state index in [2.05, 4.69) is 4.74 Å². The molecule has 0 heterocycles. The zero-order chi connectivity index (χ0) is 13.5. The Morgan fingerprint density at radius 1 is 1.11 bits per heavy atom. The van der Waals surface area contributed by atoms with Crippen molar-refractivity contribution in [3.63, 3.8) is 0 Å². The van der Waals surface area contributed by atoms with Crippen LogP contribution in [0.1, 0.15) is 5.56 Å². The Morgan fingerprint density at radius 2 is 1.72 bits per heavy atom. The average Bonchev–Trinajstić information content (AvgIpc) is 2.39. The molecular formula is C13H12O5. The van der Waals surface area contributed by atoms with Crippen molar-refractivity contribution in [3.8, 4) is 0 Å². The van der Waals surface area contributed by atoms with Crippen LogP contribution in [0.5, 0.6) is 0 Å². The number of allylic oxidation sites excluding steroid dienone is 1. The zero-order valence-corrected chi connectivity index (χ0v) is 9.66. The Kier molecular flexibility index (Phi) is 4.68. The summed E-state index contributed by atoms with van der Waals surface area (Å²) in [6, 6.07) is 8.33. The number of methoxy groups -OCH3 is 1. The fourth-order valence-corrected chi connectivity index (χ4v) is 1.13. The second kappa shape index (κ2) is 6.24. The summed E-state index contributed by atoms with van der Waals surface area (Å²) < 4.78 is 4.25. The van der Waals surface area contributed by atoms with E-state index in [4.69, 9.17) is 0 Å². The van der Waals surface area contributed by atoms with E-state index in [-0.39, 0.29) is 5.76 Å². The highest BCUT2D eigenvalue weighted by Gasteiger charge is 2.09. The molecule has 0 aromatic heterocycles. The Labute approximate surface area is 104 Å². The lowest BCUT2D eigenvalue weighted by Crippen LogP contribution is -2.04. The van der Waals surface area contributed by atoms with Crippen LogP contribution in [0.15, 0.2) is 48.2 Å². The normalized spacial score (nSPS) is 12.1. The highest BCUT2D eigenvalue weighted by atomic mass is 16.5. The Hall–Kier alpha value is -2.56. The molecule has 0 aliphatic carbocycles. The van der Waals surface area contributed by atoms with Crippen LogP contribution in [-0.4, -0.2) is 29.1 Å². The van der Waals surface area contributed by atoms with E-state index in [1.165, 1.54) is 0 Å². The number of hydrogen-bond acceptors (Lipinski definition) is 5. The molecule has 0 aliphatic heterocycles. The minimum Gasteiger partial charge on any atom is -0.507 e. The molecular weight excluding hydrogens is 236 g/mol. The van der Waals surface area contributed by atoms with E-state index < -0.39 is 17.5 Å². The predicted octanol–water partition coefficient (Wildman–Crippen LogP) is 1.77. The molecule has 0 atom stereocenters. The number of ketones is 1. The van der Waals surface area contributed by atoms with Gasteiger partial charge in [-0.05, 0) is 0 Å². The number of hydrogen-bond donors (Lipinski definition) is 2. The summed E-state index contributed by atoms with van der Waals surface area (Å²) >= 11 is 0. The van der Waals surface area contributed by atoms with Gasteiger partial charge >= 0.3 is 5.97 Å². The van der Waals surface area contributed by atoms with Gasteiger partial charge in [0.25, 0.3) is 0 Å². The number of aliphatic hydroxyl groups is 2. The van der Waals surface area contributed by atoms with Crippen LogP contribution >= 0.6 is 0 Å². The quantitative estimate of drug-likeness (QED) is 0.482. The van der Waals surface area contributed by atoms with Crippen molar-refractivity contribution in [1.29, 1.82) is 0 Å². The SMILES string of the molecule is COC(=O)C=C(O)C(=O)/C=C(\O)c1ccccc1. The van der Waals surface area contributed by atoms with Crippen molar-refractivity contribution in [2.45, 2.75) is 0 Å². The Morgan fingerprint density at radius 3 is 2.28 bits per heavy atom. The van der Waals surface area contributed by atoms with Crippen molar-refractivity contribution in [3.05, 3.63) is 53.8 Å². The zero-order valence-electron chi connectivity index (χ0n) is 9.66. The minimum atomic E-state index is -0.887. The van der Waals surface area contributed by atoms with Crippen molar-refractivity contribution >= 4 is 17.5 Å². The molecule has 0 amide bonds. The first-order valence-electron chi connectivity index (χ1n) is 5.03. The molecule has 18 heavy (non-hydrogen) atoms. The van der Waals surface area contributed by atoms with Gasteiger partial charge in [-0.15, -0.1) is 0 Å². The van der Waals surface area contributed by atoms with Crippen LogP contribution < -0.4 is 0 Å². The monoisotopic (exact) mass is 248 g/mol. The number of aliphatic hydroxyl groups excluding tert-OH is 2. The number of benzene rings is 1. The topological polar surface area (TPSA) is 83.8 Å². The van der Waals surface area contributed by atoms with Crippen molar-refractivity contribution in [2.75, 3.05) is 7.11 Å². The predicted molar refractivity (Wildman–Crippen MR) is 64.8 cm³/mol. The summed E-state index contributed by atoms with van der Waals surface area (Å²) in [6.45, 7) is 0. The molecule has 0 aliphatic rings. The van der Waals surface area contributed by atoms with Crippen LogP contribution in [0.25, 0.3) is 5.76 Å². The summed E-state index contributed by atoms with van der Waals surface area (Å²) in [7, 11) is 1.12. The van der Waals surface area contributed by atoms with Gasteiger partial charge < -0.3 is 14.9 Å². The lowest BCUT2D eigenvalue weighted by Gasteiger charge is -1.99.